The van der Waals surface area contributed by atoms with Crippen molar-refractivity contribution in [2.45, 2.75) is 5.30 Å². The number of hydrogen-bond donors (Lipinski definition) is 0. The summed E-state index contributed by atoms with van der Waals surface area (Å²) in [7, 11) is 15.6. The molecule has 2 nitrogen and oxygen atoms in total. The van der Waals surface area contributed by atoms with Crippen molar-refractivity contribution in [3.8, 4) is 5.88 Å². The smallest absolute Gasteiger partial charge is 0.212 e. The van der Waals surface area contributed by atoms with Gasteiger partial charge in [0.05, 0.1) is 0 Å². The van der Waals surface area contributed by atoms with E-state index in [-0.39, 0.29) is 5.88 Å². The van der Waals surface area contributed by atoms with Crippen molar-refractivity contribution in [2.75, 3.05) is 0 Å². The first-order valence-electron chi connectivity index (χ1n) is 3.14. The Morgan fingerprint density at radius 1 is 1.42 bits per heavy atom. The Bertz CT molecular complexity index is 276. The molecule has 0 aromatic carbocycles. The summed E-state index contributed by atoms with van der Waals surface area (Å²) in [6.07, 6.45) is 1.55. The van der Waals surface area contributed by atoms with Crippen LogP contribution in [0, 0.1) is 0 Å². The van der Waals surface area contributed by atoms with Gasteiger partial charge in [0.1, 0.15) is 23.5 Å². The molecule has 0 bridgehead atoms. The predicted octanol–water partition coefficient (Wildman–Crippen LogP) is 0.340. The molecule has 0 spiro atoms. The lowest BCUT2D eigenvalue weighted by molar-refractivity contribution is 0.305. The monoisotopic (exact) mass is 217 g/mol. The van der Waals surface area contributed by atoms with Crippen molar-refractivity contribution in [3.05, 3.63) is 22.8 Å². The van der Waals surface area contributed by atoms with Gasteiger partial charge in [0.15, 0.2) is 0 Å². The van der Waals surface area contributed by atoms with E-state index in [1.807, 2.05) is 0 Å². The third-order valence-electron chi connectivity index (χ3n) is 0.978. The van der Waals surface area contributed by atoms with E-state index in [1.165, 1.54) is 0 Å². The van der Waals surface area contributed by atoms with Gasteiger partial charge in [-0.2, -0.15) is 0 Å². The number of ether oxygens (including phenoxy) is 1. The molecule has 0 saturated carbocycles. The minimum Gasteiger partial charge on any atom is -0.501 e. The van der Waals surface area contributed by atoms with Gasteiger partial charge in [0, 0.05) is 16.7 Å². The van der Waals surface area contributed by atoms with E-state index in [2.05, 4.69) is 20.9 Å². The van der Waals surface area contributed by atoms with Crippen LogP contribution in [-0.4, -0.2) is 33.8 Å². The van der Waals surface area contributed by atoms with Crippen molar-refractivity contribution in [1.82, 2.24) is 4.98 Å². The molecule has 0 amide bonds. The fourth-order valence-corrected chi connectivity index (χ4v) is 0.936. The van der Waals surface area contributed by atoms with Crippen LogP contribution in [0.25, 0.3) is 0 Å². The molecule has 0 saturated heterocycles. The maximum atomic E-state index is 5.20. The topological polar surface area (TPSA) is 22.1 Å². The molecule has 1 rings (SSSR count). The van der Waals surface area contributed by atoms with E-state index in [1.54, 1.807) is 18.3 Å². The van der Waals surface area contributed by atoms with Crippen molar-refractivity contribution < 1.29 is 4.74 Å². The molecule has 0 aliphatic heterocycles. The van der Waals surface area contributed by atoms with E-state index in [0.717, 1.165) is 4.47 Å². The highest BCUT2D eigenvalue weighted by Crippen LogP contribution is 2.16. The molecule has 0 aliphatic rings. The number of halogens is 1. The molecule has 0 atom stereocenters. The summed E-state index contributed by atoms with van der Waals surface area (Å²) in [6, 6.07) is 3.36. The van der Waals surface area contributed by atoms with Gasteiger partial charge in [-0.25, -0.2) is 4.98 Å². The lowest BCUT2D eigenvalue weighted by Crippen LogP contribution is -2.37. The number of nitrogens with zero attached hydrogens (tertiary/aromatic N) is 1. The first-order valence-corrected chi connectivity index (χ1v) is 3.94. The summed E-state index contributed by atoms with van der Waals surface area (Å²) in [5, 5.41) is -1.69. The van der Waals surface area contributed by atoms with Crippen LogP contribution in [0.1, 0.15) is 0 Å². The summed E-state index contributed by atoms with van der Waals surface area (Å²) >= 11 is 3.23. The van der Waals surface area contributed by atoms with Gasteiger partial charge in [-0.05, 0) is 11.4 Å². The zero-order chi connectivity index (χ0) is 9.19. The maximum absolute atomic E-state index is 5.20. The SMILES string of the molecule is [B]C([B])([B])Oc1cc(Br)ccn1. The minimum atomic E-state index is -1.69. The molecule has 54 valence electrons. The fourth-order valence-electron chi connectivity index (χ4n) is 0.622. The molecule has 1 heterocycles. The van der Waals surface area contributed by atoms with Crippen molar-refractivity contribution in [1.29, 1.82) is 0 Å². The second-order valence-electron chi connectivity index (χ2n) is 2.27. The quantitative estimate of drug-likeness (QED) is 0.667. The van der Waals surface area contributed by atoms with Gasteiger partial charge in [0.2, 0.25) is 5.88 Å². The molecule has 0 fully saturated rings. The molecular weight excluding hydrogens is 214 g/mol. The van der Waals surface area contributed by atoms with E-state index >= 15 is 0 Å². The lowest BCUT2D eigenvalue weighted by atomic mass is 9.52. The lowest BCUT2D eigenvalue weighted by Gasteiger charge is -2.21. The average Bonchev–Trinajstić information content (AvgIpc) is 1.82. The molecule has 12 heavy (non-hydrogen) atoms. The van der Waals surface area contributed by atoms with Gasteiger partial charge in [-0.3, -0.25) is 0 Å². The van der Waals surface area contributed by atoms with Crippen LogP contribution >= 0.6 is 15.9 Å². The molecule has 0 N–H and O–H groups in total. The van der Waals surface area contributed by atoms with Crippen LogP contribution in [-0.2, 0) is 0 Å². The van der Waals surface area contributed by atoms with Crippen LogP contribution < -0.4 is 4.74 Å². The van der Waals surface area contributed by atoms with E-state index in [0.29, 0.717) is 0 Å². The minimum absolute atomic E-state index is 0.275. The molecule has 1 aromatic rings. The average molecular weight is 217 g/mol. The first-order chi connectivity index (χ1) is 5.47. The van der Waals surface area contributed by atoms with Crippen LogP contribution in [0.3, 0.4) is 0 Å². The van der Waals surface area contributed by atoms with Gasteiger partial charge in [-0.15, -0.1) is 0 Å². The third kappa shape index (κ3) is 3.35. The zero-order valence-electron chi connectivity index (χ0n) is 6.20. The second-order valence-corrected chi connectivity index (χ2v) is 3.18. The number of rotatable bonds is 2. The second kappa shape index (κ2) is 3.56. The highest BCUT2D eigenvalue weighted by Gasteiger charge is 2.10. The van der Waals surface area contributed by atoms with Crippen molar-refractivity contribution in [2.24, 2.45) is 0 Å². The number of hydrogen-bond acceptors (Lipinski definition) is 2. The van der Waals surface area contributed by atoms with Gasteiger partial charge in [0.25, 0.3) is 0 Å². The maximum Gasteiger partial charge on any atom is 0.212 e. The molecular formula is C6H3B3BrNO. The van der Waals surface area contributed by atoms with Crippen molar-refractivity contribution >= 4 is 39.5 Å². The molecule has 6 radical (unpaired) electrons. The summed E-state index contributed by atoms with van der Waals surface area (Å²) in [5.41, 5.74) is 0. The van der Waals surface area contributed by atoms with Gasteiger partial charge in [-0.1, -0.05) is 15.9 Å². The molecule has 0 aliphatic carbocycles. The summed E-state index contributed by atoms with van der Waals surface area (Å²) in [6.45, 7) is 0. The predicted molar refractivity (Wildman–Crippen MR) is 52.6 cm³/mol. The molecule has 1 aromatic heterocycles. The molecule has 0 unspecified atom stereocenters. The Morgan fingerprint density at radius 3 is 2.58 bits per heavy atom. The normalized spacial score (nSPS) is 11.1. The van der Waals surface area contributed by atoms with Crippen LogP contribution in [0.4, 0.5) is 0 Å². The highest BCUT2D eigenvalue weighted by molar-refractivity contribution is 9.10. The fraction of sp³-hybridized carbons (Fsp3) is 0.167. The highest BCUT2D eigenvalue weighted by atomic mass is 79.9. The van der Waals surface area contributed by atoms with Crippen LogP contribution in [0.2, 0.25) is 0 Å². The zero-order valence-corrected chi connectivity index (χ0v) is 7.78. The summed E-state index contributed by atoms with van der Waals surface area (Å²) in [5.74, 6) is 0.275. The Hall–Kier alpha value is -0.375. The Morgan fingerprint density at radius 2 is 2.08 bits per heavy atom. The third-order valence-corrected chi connectivity index (χ3v) is 1.47. The molecule has 6 heteroatoms. The van der Waals surface area contributed by atoms with Crippen LogP contribution in [0.15, 0.2) is 22.8 Å². The van der Waals surface area contributed by atoms with E-state index in [9.17, 15) is 0 Å². The summed E-state index contributed by atoms with van der Waals surface area (Å²) in [4.78, 5) is 3.83. The first kappa shape index (κ1) is 9.71. The largest absolute Gasteiger partial charge is 0.501 e. The Labute approximate surface area is 83.5 Å². The summed E-state index contributed by atoms with van der Waals surface area (Å²) < 4.78 is 5.69. The number of aromatic nitrogens is 1. The van der Waals surface area contributed by atoms with Crippen LogP contribution in [0.5, 0.6) is 5.88 Å². The van der Waals surface area contributed by atoms with E-state index < -0.39 is 5.30 Å². The Kier molecular flexibility index (Phi) is 2.88. The number of pyridine rings is 1. The van der Waals surface area contributed by atoms with Crippen molar-refractivity contribution in [3.63, 3.8) is 0 Å². The van der Waals surface area contributed by atoms with Gasteiger partial charge < -0.3 is 4.74 Å². The Balaban J connectivity index is 2.77. The van der Waals surface area contributed by atoms with Gasteiger partial charge >= 0.3 is 0 Å². The van der Waals surface area contributed by atoms with E-state index in [4.69, 9.17) is 28.3 Å². The standard InChI is InChI=1S/C6H3B3BrNO/c7-6(8,9)12-5-3-4(10)1-2-11-5/h1-3H.